The lowest BCUT2D eigenvalue weighted by Crippen LogP contribution is -2.19. The lowest BCUT2D eigenvalue weighted by atomic mass is 10.2. The van der Waals surface area contributed by atoms with Crippen LogP contribution in [-0.2, 0) is 11.3 Å². The number of hydrogen-bond acceptors (Lipinski definition) is 3. The highest BCUT2D eigenvalue weighted by Crippen LogP contribution is 2.12. The van der Waals surface area contributed by atoms with Crippen molar-refractivity contribution in [2.75, 3.05) is 5.32 Å². The van der Waals surface area contributed by atoms with Crippen LogP contribution in [-0.4, -0.2) is 12.0 Å². The van der Waals surface area contributed by atoms with Gasteiger partial charge in [-0.1, -0.05) is 36.4 Å². The van der Waals surface area contributed by atoms with Crippen LogP contribution in [0.4, 0.5) is 10.5 Å². The van der Waals surface area contributed by atoms with E-state index in [-0.39, 0.29) is 6.61 Å². The third-order valence-corrected chi connectivity index (χ3v) is 2.58. The van der Waals surface area contributed by atoms with Crippen molar-refractivity contribution in [3.05, 3.63) is 65.7 Å². The smallest absolute Gasteiger partial charge is 0.338 e. The van der Waals surface area contributed by atoms with E-state index in [1.54, 1.807) is 18.2 Å². The molecule has 0 radical (unpaired) electrons. The molecule has 0 aromatic heterocycles. The van der Waals surface area contributed by atoms with Gasteiger partial charge >= 0.3 is 12.0 Å². The highest BCUT2D eigenvalue weighted by atomic mass is 16.5. The van der Waals surface area contributed by atoms with Gasteiger partial charge in [0.05, 0.1) is 5.56 Å². The Morgan fingerprint density at radius 2 is 1.80 bits per heavy atom. The fourth-order valence-corrected chi connectivity index (χ4v) is 1.67. The molecule has 0 fully saturated rings. The number of carbonyl (C=O) groups is 2. The van der Waals surface area contributed by atoms with Crippen molar-refractivity contribution < 1.29 is 14.3 Å². The fourth-order valence-electron chi connectivity index (χ4n) is 1.67. The predicted octanol–water partition coefficient (Wildman–Crippen LogP) is 2.53. The molecule has 2 aromatic rings. The van der Waals surface area contributed by atoms with Gasteiger partial charge in [-0.05, 0) is 23.8 Å². The lowest BCUT2D eigenvalue weighted by molar-refractivity contribution is 0.0472. The van der Waals surface area contributed by atoms with Gasteiger partial charge in [-0.3, -0.25) is 0 Å². The summed E-state index contributed by atoms with van der Waals surface area (Å²) in [6, 6.07) is 15.1. The average molecular weight is 270 g/mol. The fraction of sp³-hybridized carbons (Fsp3) is 0.0667. The van der Waals surface area contributed by atoms with Gasteiger partial charge in [0.1, 0.15) is 6.61 Å². The molecule has 20 heavy (non-hydrogen) atoms. The maximum atomic E-state index is 11.9. The summed E-state index contributed by atoms with van der Waals surface area (Å²) in [5, 5.41) is 2.40. The van der Waals surface area contributed by atoms with E-state index in [0.29, 0.717) is 11.3 Å². The summed E-state index contributed by atoms with van der Waals surface area (Å²) < 4.78 is 5.19. The Labute approximate surface area is 116 Å². The van der Waals surface area contributed by atoms with Crippen molar-refractivity contribution in [3.63, 3.8) is 0 Å². The Morgan fingerprint density at radius 1 is 1.05 bits per heavy atom. The highest BCUT2D eigenvalue weighted by molar-refractivity contribution is 5.93. The second kappa shape index (κ2) is 6.38. The Hall–Kier alpha value is -2.82. The van der Waals surface area contributed by atoms with E-state index in [2.05, 4.69) is 5.32 Å². The molecule has 5 nitrogen and oxygen atoms in total. The maximum absolute atomic E-state index is 11.9. The molecule has 2 rings (SSSR count). The summed E-state index contributed by atoms with van der Waals surface area (Å²) in [5.41, 5.74) is 6.73. The number of nitrogens with two attached hydrogens (primary N) is 1. The van der Waals surface area contributed by atoms with E-state index < -0.39 is 12.0 Å². The Kier molecular flexibility index (Phi) is 4.34. The molecule has 0 saturated carbocycles. The minimum absolute atomic E-state index is 0.202. The SMILES string of the molecule is NC(=O)Nc1cccc(C(=O)OCc2ccccc2)c1. The normalized spacial score (nSPS) is 9.80. The first kappa shape index (κ1) is 13.6. The summed E-state index contributed by atoms with van der Waals surface area (Å²) in [6.45, 7) is 0.202. The van der Waals surface area contributed by atoms with E-state index in [1.165, 1.54) is 6.07 Å². The summed E-state index contributed by atoms with van der Waals surface area (Å²) in [6.07, 6.45) is 0. The topological polar surface area (TPSA) is 81.4 Å². The quantitative estimate of drug-likeness (QED) is 0.837. The van der Waals surface area contributed by atoms with Crippen LogP contribution < -0.4 is 11.1 Å². The molecule has 0 aliphatic rings. The van der Waals surface area contributed by atoms with Crippen molar-refractivity contribution in [1.82, 2.24) is 0 Å². The second-order valence-electron chi connectivity index (χ2n) is 4.13. The average Bonchev–Trinajstić information content (AvgIpc) is 2.45. The molecule has 0 heterocycles. The van der Waals surface area contributed by atoms with Gasteiger partial charge < -0.3 is 15.8 Å². The molecular formula is C15H14N2O3. The number of nitrogens with one attached hydrogen (secondary N) is 1. The lowest BCUT2D eigenvalue weighted by Gasteiger charge is -2.07. The van der Waals surface area contributed by atoms with E-state index >= 15 is 0 Å². The van der Waals surface area contributed by atoms with Gasteiger partial charge in [-0.25, -0.2) is 9.59 Å². The van der Waals surface area contributed by atoms with Crippen LogP contribution in [0.15, 0.2) is 54.6 Å². The predicted molar refractivity (Wildman–Crippen MR) is 75.2 cm³/mol. The largest absolute Gasteiger partial charge is 0.457 e. The molecule has 0 unspecified atom stereocenters. The summed E-state index contributed by atoms with van der Waals surface area (Å²) in [4.78, 5) is 22.6. The van der Waals surface area contributed by atoms with Crippen molar-refractivity contribution in [3.8, 4) is 0 Å². The third-order valence-electron chi connectivity index (χ3n) is 2.58. The highest BCUT2D eigenvalue weighted by Gasteiger charge is 2.08. The Morgan fingerprint density at radius 3 is 2.50 bits per heavy atom. The van der Waals surface area contributed by atoms with Crippen LogP contribution in [0.5, 0.6) is 0 Å². The number of urea groups is 1. The van der Waals surface area contributed by atoms with Gasteiger partial charge in [-0.15, -0.1) is 0 Å². The van der Waals surface area contributed by atoms with Crippen LogP contribution in [0.2, 0.25) is 0 Å². The van der Waals surface area contributed by atoms with Crippen molar-refractivity contribution >= 4 is 17.7 Å². The molecule has 0 saturated heterocycles. The van der Waals surface area contributed by atoms with E-state index in [0.717, 1.165) is 5.56 Å². The molecule has 2 aromatic carbocycles. The Bertz CT molecular complexity index is 612. The summed E-state index contributed by atoms with van der Waals surface area (Å²) in [5.74, 6) is -0.457. The zero-order valence-corrected chi connectivity index (χ0v) is 10.7. The third kappa shape index (κ3) is 3.84. The van der Waals surface area contributed by atoms with Gasteiger partial charge in [0.15, 0.2) is 0 Å². The van der Waals surface area contributed by atoms with Gasteiger partial charge in [0.25, 0.3) is 0 Å². The number of primary amides is 1. The van der Waals surface area contributed by atoms with Crippen molar-refractivity contribution in [1.29, 1.82) is 0 Å². The number of carbonyl (C=O) groups excluding carboxylic acids is 2. The molecule has 3 N–H and O–H groups in total. The maximum Gasteiger partial charge on any atom is 0.338 e. The molecule has 0 spiro atoms. The van der Waals surface area contributed by atoms with Crippen molar-refractivity contribution in [2.45, 2.75) is 6.61 Å². The van der Waals surface area contributed by atoms with Crippen LogP contribution in [0.25, 0.3) is 0 Å². The van der Waals surface area contributed by atoms with E-state index in [9.17, 15) is 9.59 Å². The number of hydrogen-bond donors (Lipinski definition) is 2. The van der Waals surface area contributed by atoms with Gasteiger partial charge in [-0.2, -0.15) is 0 Å². The van der Waals surface area contributed by atoms with Crippen LogP contribution in [0, 0.1) is 0 Å². The number of amides is 2. The molecule has 5 heteroatoms. The van der Waals surface area contributed by atoms with Crippen molar-refractivity contribution in [2.24, 2.45) is 5.73 Å². The van der Waals surface area contributed by atoms with Crippen LogP contribution >= 0.6 is 0 Å². The molecule has 0 bridgehead atoms. The minimum Gasteiger partial charge on any atom is -0.457 e. The summed E-state index contributed by atoms with van der Waals surface area (Å²) in [7, 11) is 0. The minimum atomic E-state index is -0.681. The standard InChI is InChI=1S/C15H14N2O3/c16-15(19)17-13-8-4-7-12(9-13)14(18)20-10-11-5-2-1-3-6-11/h1-9H,10H2,(H3,16,17,19). The van der Waals surface area contributed by atoms with E-state index in [1.807, 2.05) is 30.3 Å². The molecule has 0 atom stereocenters. The zero-order valence-electron chi connectivity index (χ0n) is 10.7. The first-order valence-corrected chi connectivity index (χ1v) is 6.03. The van der Waals surface area contributed by atoms with Crippen LogP contribution in [0.3, 0.4) is 0 Å². The first-order valence-electron chi connectivity index (χ1n) is 6.03. The number of rotatable bonds is 4. The van der Waals surface area contributed by atoms with E-state index in [4.69, 9.17) is 10.5 Å². The molecule has 0 aliphatic heterocycles. The first-order chi connectivity index (χ1) is 9.65. The van der Waals surface area contributed by atoms with Gasteiger partial charge in [0, 0.05) is 5.69 Å². The number of ether oxygens (including phenoxy) is 1. The van der Waals surface area contributed by atoms with Crippen LogP contribution in [0.1, 0.15) is 15.9 Å². The number of benzene rings is 2. The molecule has 102 valence electrons. The van der Waals surface area contributed by atoms with Gasteiger partial charge in [0.2, 0.25) is 0 Å². The number of anilines is 1. The zero-order chi connectivity index (χ0) is 14.4. The molecular weight excluding hydrogens is 256 g/mol. The molecule has 0 aliphatic carbocycles. The summed E-state index contributed by atoms with van der Waals surface area (Å²) >= 11 is 0. The Balaban J connectivity index is 2.00. The monoisotopic (exact) mass is 270 g/mol. The molecule has 2 amide bonds. The number of esters is 1. The second-order valence-corrected chi connectivity index (χ2v) is 4.13.